The molecule has 0 saturated heterocycles. The Balaban J connectivity index is 1.76. The van der Waals surface area contributed by atoms with Crippen molar-refractivity contribution in [1.29, 1.82) is 0 Å². The van der Waals surface area contributed by atoms with Crippen LogP contribution in [0.5, 0.6) is 0 Å². The maximum Gasteiger partial charge on any atom is 0.231 e. The molecule has 0 spiro atoms. The van der Waals surface area contributed by atoms with Crippen LogP contribution in [-0.4, -0.2) is 22.7 Å². The molecule has 1 aromatic carbocycles. The molecule has 1 aromatic heterocycles. The van der Waals surface area contributed by atoms with E-state index in [0.29, 0.717) is 22.8 Å². The minimum Gasteiger partial charge on any atom is -0.339 e. The van der Waals surface area contributed by atoms with Crippen LogP contribution in [0, 0.1) is 0 Å². The molecule has 0 amide bonds. The number of aromatic nitrogens is 2. The third kappa shape index (κ3) is 3.27. The molecule has 1 saturated carbocycles. The van der Waals surface area contributed by atoms with Crippen molar-refractivity contribution >= 4 is 11.6 Å². The van der Waals surface area contributed by atoms with Crippen molar-refractivity contribution in [3.05, 3.63) is 35.2 Å². The average molecular weight is 306 g/mol. The van der Waals surface area contributed by atoms with Gasteiger partial charge in [0.25, 0.3) is 0 Å². The van der Waals surface area contributed by atoms with Crippen molar-refractivity contribution < 1.29 is 4.52 Å². The smallest absolute Gasteiger partial charge is 0.231 e. The Hall–Kier alpha value is -1.39. The van der Waals surface area contributed by atoms with Gasteiger partial charge in [-0.2, -0.15) is 4.98 Å². The van der Waals surface area contributed by atoms with Crippen LogP contribution >= 0.6 is 11.6 Å². The lowest BCUT2D eigenvalue weighted by Gasteiger charge is -2.17. The number of nitrogens with zero attached hydrogens (tertiary/aromatic N) is 2. The van der Waals surface area contributed by atoms with Crippen molar-refractivity contribution in [1.82, 2.24) is 15.5 Å². The Morgan fingerprint density at radius 1 is 1.29 bits per heavy atom. The summed E-state index contributed by atoms with van der Waals surface area (Å²) in [6.07, 6.45) is 4.65. The summed E-state index contributed by atoms with van der Waals surface area (Å²) in [6.45, 7) is 3.22. The fraction of sp³-hybridized carbons (Fsp3) is 0.500. The second kappa shape index (κ2) is 6.58. The summed E-state index contributed by atoms with van der Waals surface area (Å²) in [5.41, 5.74) is 0.936. The molecule has 1 aliphatic rings. The number of halogens is 1. The van der Waals surface area contributed by atoms with Crippen LogP contribution in [0.25, 0.3) is 11.4 Å². The van der Waals surface area contributed by atoms with Gasteiger partial charge in [-0.1, -0.05) is 30.1 Å². The van der Waals surface area contributed by atoms with E-state index in [1.807, 2.05) is 24.3 Å². The van der Waals surface area contributed by atoms with E-state index >= 15 is 0 Å². The maximum atomic E-state index is 5.90. The molecule has 1 heterocycles. The fourth-order valence-corrected chi connectivity index (χ4v) is 3.06. The Morgan fingerprint density at radius 2 is 2.10 bits per heavy atom. The third-order valence-corrected chi connectivity index (χ3v) is 4.29. The van der Waals surface area contributed by atoms with E-state index in [-0.39, 0.29) is 0 Å². The first-order valence-electron chi connectivity index (χ1n) is 7.61. The quantitative estimate of drug-likeness (QED) is 0.906. The van der Waals surface area contributed by atoms with E-state index in [0.717, 1.165) is 30.8 Å². The second-order valence-electron chi connectivity index (χ2n) is 5.56. The molecule has 0 radical (unpaired) electrons. The van der Waals surface area contributed by atoms with Gasteiger partial charge in [-0.15, -0.1) is 0 Å². The topological polar surface area (TPSA) is 51.0 Å². The van der Waals surface area contributed by atoms with Gasteiger partial charge in [-0.3, -0.25) is 0 Å². The first kappa shape index (κ1) is 14.5. The van der Waals surface area contributed by atoms with Crippen LogP contribution in [0.2, 0.25) is 5.02 Å². The lowest BCUT2D eigenvalue weighted by Crippen LogP contribution is -2.31. The summed E-state index contributed by atoms with van der Waals surface area (Å²) in [7, 11) is 0. The number of benzene rings is 1. The van der Waals surface area contributed by atoms with E-state index in [9.17, 15) is 0 Å². The maximum absolute atomic E-state index is 5.90. The second-order valence-corrected chi connectivity index (χ2v) is 6.00. The summed E-state index contributed by atoms with van der Waals surface area (Å²) in [5.74, 6) is 1.74. The average Bonchev–Trinajstić information content (AvgIpc) is 3.14. The third-order valence-electron chi connectivity index (χ3n) is 4.03. The minimum atomic E-state index is 0.338. The first-order valence-corrected chi connectivity index (χ1v) is 7.98. The van der Waals surface area contributed by atoms with Crippen molar-refractivity contribution in [2.45, 2.75) is 44.6 Å². The van der Waals surface area contributed by atoms with Crippen molar-refractivity contribution in [3.8, 4) is 11.4 Å². The number of rotatable bonds is 5. The van der Waals surface area contributed by atoms with E-state index in [2.05, 4.69) is 22.4 Å². The number of hydrogen-bond donors (Lipinski definition) is 1. The summed E-state index contributed by atoms with van der Waals surface area (Å²) < 4.78 is 5.51. The highest BCUT2D eigenvalue weighted by Gasteiger charge is 2.32. The molecule has 3 rings (SSSR count). The van der Waals surface area contributed by atoms with Crippen LogP contribution in [0.1, 0.15) is 44.4 Å². The van der Waals surface area contributed by atoms with Gasteiger partial charge in [0.05, 0.1) is 5.92 Å². The van der Waals surface area contributed by atoms with E-state index in [4.69, 9.17) is 16.1 Å². The highest BCUT2D eigenvalue weighted by Crippen LogP contribution is 2.34. The lowest BCUT2D eigenvalue weighted by atomic mass is 10.0. The summed E-state index contributed by atoms with van der Waals surface area (Å²) in [6, 6.07) is 7.97. The summed E-state index contributed by atoms with van der Waals surface area (Å²) in [4.78, 5) is 4.59. The van der Waals surface area contributed by atoms with Crippen LogP contribution < -0.4 is 5.32 Å². The Labute approximate surface area is 129 Å². The molecule has 0 bridgehead atoms. The number of nitrogens with one attached hydrogen (secondary N) is 1. The van der Waals surface area contributed by atoms with Crippen molar-refractivity contribution in [3.63, 3.8) is 0 Å². The monoisotopic (exact) mass is 305 g/mol. The lowest BCUT2D eigenvalue weighted by molar-refractivity contribution is 0.330. The molecular formula is C16H20ClN3O. The molecule has 1 fully saturated rings. The zero-order valence-corrected chi connectivity index (χ0v) is 12.9. The molecule has 21 heavy (non-hydrogen) atoms. The summed E-state index contributed by atoms with van der Waals surface area (Å²) in [5, 5.41) is 8.42. The molecule has 2 atom stereocenters. The molecule has 2 aromatic rings. The minimum absolute atomic E-state index is 0.338. The normalized spacial score (nSPS) is 21.8. The zero-order valence-electron chi connectivity index (χ0n) is 12.2. The predicted octanol–water partition coefficient (Wildman–Crippen LogP) is 4.03. The van der Waals surface area contributed by atoms with Gasteiger partial charge in [0.2, 0.25) is 11.7 Å². The molecule has 4 nitrogen and oxygen atoms in total. The van der Waals surface area contributed by atoms with Crippen molar-refractivity contribution in [2.75, 3.05) is 6.54 Å². The van der Waals surface area contributed by atoms with E-state index in [1.165, 1.54) is 12.8 Å². The highest BCUT2D eigenvalue weighted by atomic mass is 35.5. The standard InChI is InChI=1S/C16H20ClN3O/c1-2-10-18-14-5-3-4-13(14)16-19-15(20-21-16)11-6-8-12(17)9-7-11/h6-9,13-14,18H,2-5,10H2,1H3. The molecule has 112 valence electrons. The molecule has 1 N–H and O–H groups in total. The Kier molecular flexibility index (Phi) is 4.56. The van der Waals surface area contributed by atoms with E-state index < -0.39 is 0 Å². The largest absolute Gasteiger partial charge is 0.339 e. The van der Waals surface area contributed by atoms with Crippen LogP contribution in [0.15, 0.2) is 28.8 Å². The molecule has 2 unspecified atom stereocenters. The number of hydrogen-bond acceptors (Lipinski definition) is 4. The van der Waals surface area contributed by atoms with Gasteiger partial charge in [-0.05, 0) is 50.1 Å². The molecule has 1 aliphatic carbocycles. The van der Waals surface area contributed by atoms with Crippen LogP contribution in [-0.2, 0) is 0 Å². The zero-order chi connectivity index (χ0) is 14.7. The summed E-state index contributed by atoms with van der Waals surface area (Å²) >= 11 is 5.90. The first-order chi connectivity index (χ1) is 10.3. The fourth-order valence-electron chi connectivity index (χ4n) is 2.93. The molecule has 5 heteroatoms. The van der Waals surface area contributed by atoms with E-state index in [1.54, 1.807) is 0 Å². The van der Waals surface area contributed by atoms with Gasteiger partial charge < -0.3 is 9.84 Å². The Morgan fingerprint density at radius 3 is 2.86 bits per heavy atom. The highest BCUT2D eigenvalue weighted by molar-refractivity contribution is 6.30. The van der Waals surface area contributed by atoms with Gasteiger partial charge in [0.15, 0.2) is 0 Å². The van der Waals surface area contributed by atoms with Gasteiger partial charge in [-0.25, -0.2) is 0 Å². The van der Waals surface area contributed by atoms with Crippen molar-refractivity contribution in [2.24, 2.45) is 0 Å². The Bertz CT molecular complexity index is 581. The molecule has 0 aliphatic heterocycles. The molecular weight excluding hydrogens is 286 g/mol. The predicted molar refractivity (Wildman–Crippen MR) is 83.4 cm³/mol. The van der Waals surface area contributed by atoms with Gasteiger partial charge in [0.1, 0.15) is 0 Å². The van der Waals surface area contributed by atoms with Gasteiger partial charge >= 0.3 is 0 Å². The van der Waals surface area contributed by atoms with Crippen LogP contribution in [0.3, 0.4) is 0 Å². The SMILES string of the molecule is CCCNC1CCCC1c1nc(-c2ccc(Cl)cc2)no1. The van der Waals surface area contributed by atoms with Crippen LogP contribution in [0.4, 0.5) is 0 Å². The van der Waals surface area contributed by atoms with Gasteiger partial charge in [0, 0.05) is 16.6 Å².